The molecule has 0 atom stereocenters. The minimum Gasteiger partial charge on any atom is -0.336 e. The summed E-state index contributed by atoms with van der Waals surface area (Å²) in [5, 5.41) is 3.01. The molecular weight excluding hydrogens is 400 g/mol. The lowest BCUT2D eigenvalue weighted by Crippen LogP contribution is -2.23. The van der Waals surface area contributed by atoms with Crippen molar-refractivity contribution >= 4 is 32.3 Å². The number of hydrogen-bond acceptors (Lipinski definition) is 4. The molecule has 0 unspecified atom stereocenters. The van der Waals surface area contributed by atoms with Crippen LogP contribution in [0, 0.1) is 0 Å². The molecule has 0 saturated carbocycles. The highest BCUT2D eigenvalue weighted by Gasteiger charge is 2.24. The van der Waals surface area contributed by atoms with Crippen LogP contribution in [0.3, 0.4) is 0 Å². The van der Waals surface area contributed by atoms with Crippen LogP contribution in [-0.2, 0) is 21.2 Å². The lowest BCUT2D eigenvalue weighted by Gasteiger charge is -2.14. The number of anilines is 1. The first-order valence-electron chi connectivity index (χ1n) is 9.24. The zero-order valence-electron chi connectivity index (χ0n) is 15.9. The van der Waals surface area contributed by atoms with Crippen molar-refractivity contribution in [3.63, 3.8) is 0 Å². The Bertz CT molecular complexity index is 1380. The van der Waals surface area contributed by atoms with Crippen molar-refractivity contribution in [3.05, 3.63) is 101 Å². The highest BCUT2D eigenvalue weighted by Crippen LogP contribution is 2.21. The molecule has 1 heterocycles. The number of nitrogens with one attached hydrogen (secondary N) is 1. The van der Waals surface area contributed by atoms with Crippen LogP contribution in [0.1, 0.15) is 0 Å². The maximum Gasteiger partial charge on any atom is 0.244 e. The molecular formula is C23H18N2O4S. The fourth-order valence-electron chi connectivity index (χ4n) is 3.24. The Balaban J connectivity index is 1.81. The van der Waals surface area contributed by atoms with Gasteiger partial charge < -0.3 is 9.88 Å². The third-order valence-corrected chi connectivity index (χ3v) is 6.43. The quantitative estimate of drug-likeness (QED) is 0.538. The van der Waals surface area contributed by atoms with Gasteiger partial charge in [0.15, 0.2) is 0 Å². The van der Waals surface area contributed by atoms with Crippen molar-refractivity contribution in [1.29, 1.82) is 0 Å². The van der Waals surface area contributed by atoms with Crippen molar-refractivity contribution in [2.45, 2.75) is 16.3 Å². The van der Waals surface area contributed by atoms with Gasteiger partial charge in [-0.3, -0.25) is 9.59 Å². The van der Waals surface area contributed by atoms with Crippen LogP contribution in [0.25, 0.3) is 10.9 Å². The highest BCUT2D eigenvalue weighted by atomic mass is 32.2. The van der Waals surface area contributed by atoms with Gasteiger partial charge in [0.2, 0.25) is 21.2 Å². The average Bonchev–Trinajstić information content (AvgIpc) is 2.77. The number of benzene rings is 3. The Kier molecular flexibility index (Phi) is 5.20. The second-order valence-electron chi connectivity index (χ2n) is 6.70. The minimum atomic E-state index is -4.04. The standard InChI is InChI=1S/C23H18N2O4S/c26-22(24-17-9-3-1-4-10-17)16-25-15-21(23(27)19-13-7-8-14-20(19)25)30(28,29)18-11-5-2-6-12-18/h1-15H,16H2,(H,24,26). The number of sulfone groups is 1. The topological polar surface area (TPSA) is 85.2 Å². The van der Waals surface area contributed by atoms with Gasteiger partial charge in [-0.05, 0) is 36.4 Å². The minimum absolute atomic E-state index is 0.0256. The first-order valence-corrected chi connectivity index (χ1v) is 10.7. The summed E-state index contributed by atoms with van der Waals surface area (Å²) >= 11 is 0. The van der Waals surface area contributed by atoms with E-state index in [-0.39, 0.29) is 27.6 Å². The molecule has 1 amide bonds. The van der Waals surface area contributed by atoms with E-state index in [4.69, 9.17) is 0 Å². The zero-order chi connectivity index (χ0) is 21.1. The molecule has 6 nitrogen and oxygen atoms in total. The molecule has 0 radical (unpaired) electrons. The molecule has 150 valence electrons. The van der Waals surface area contributed by atoms with E-state index < -0.39 is 15.3 Å². The molecule has 7 heteroatoms. The maximum absolute atomic E-state index is 13.1. The molecule has 4 aromatic rings. The average molecular weight is 418 g/mol. The van der Waals surface area contributed by atoms with Crippen LogP contribution in [0.5, 0.6) is 0 Å². The molecule has 30 heavy (non-hydrogen) atoms. The van der Waals surface area contributed by atoms with Crippen LogP contribution in [-0.4, -0.2) is 18.9 Å². The van der Waals surface area contributed by atoms with E-state index in [1.165, 1.54) is 22.9 Å². The number of rotatable bonds is 5. The van der Waals surface area contributed by atoms with E-state index in [1.54, 1.807) is 66.7 Å². The van der Waals surface area contributed by atoms with Crippen molar-refractivity contribution in [3.8, 4) is 0 Å². The van der Waals surface area contributed by atoms with Crippen LogP contribution < -0.4 is 10.7 Å². The van der Waals surface area contributed by atoms with Gasteiger partial charge >= 0.3 is 0 Å². The van der Waals surface area contributed by atoms with E-state index in [0.29, 0.717) is 11.2 Å². The number of fused-ring (bicyclic) bond motifs is 1. The molecule has 0 aliphatic rings. The summed E-state index contributed by atoms with van der Waals surface area (Å²) < 4.78 is 27.7. The molecule has 0 fully saturated rings. The van der Waals surface area contributed by atoms with Crippen LogP contribution >= 0.6 is 0 Å². The number of nitrogens with zero attached hydrogens (tertiary/aromatic N) is 1. The van der Waals surface area contributed by atoms with Crippen molar-refractivity contribution < 1.29 is 13.2 Å². The number of aromatic nitrogens is 1. The maximum atomic E-state index is 13.1. The van der Waals surface area contributed by atoms with Gasteiger partial charge in [0, 0.05) is 17.3 Å². The van der Waals surface area contributed by atoms with E-state index in [9.17, 15) is 18.0 Å². The smallest absolute Gasteiger partial charge is 0.244 e. The largest absolute Gasteiger partial charge is 0.336 e. The summed E-state index contributed by atoms with van der Waals surface area (Å²) in [7, 11) is -4.04. The second kappa shape index (κ2) is 7.96. The molecule has 0 spiro atoms. The number of amides is 1. The molecule has 3 aromatic carbocycles. The second-order valence-corrected chi connectivity index (χ2v) is 8.62. The summed E-state index contributed by atoms with van der Waals surface area (Å²) in [6.45, 7) is -0.146. The predicted octanol–water partition coefficient (Wildman–Crippen LogP) is 3.47. The molecule has 4 rings (SSSR count). The fourth-order valence-corrected chi connectivity index (χ4v) is 4.63. The van der Waals surface area contributed by atoms with Crippen molar-refractivity contribution in [2.75, 3.05) is 5.32 Å². The summed E-state index contributed by atoms with van der Waals surface area (Å²) in [6.07, 6.45) is 1.25. The van der Waals surface area contributed by atoms with E-state index in [2.05, 4.69) is 5.32 Å². The van der Waals surface area contributed by atoms with Gasteiger partial charge in [0.25, 0.3) is 0 Å². The Morgan fingerprint density at radius 2 is 1.43 bits per heavy atom. The number of hydrogen-bond donors (Lipinski definition) is 1. The van der Waals surface area contributed by atoms with Gasteiger partial charge in [0.05, 0.1) is 10.4 Å². The zero-order valence-corrected chi connectivity index (χ0v) is 16.7. The monoisotopic (exact) mass is 418 g/mol. The van der Waals surface area contributed by atoms with Gasteiger partial charge in [-0.2, -0.15) is 0 Å². The molecule has 0 bridgehead atoms. The number of pyridine rings is 1. The summed E-state index contributed by atoms with van der Waals surface area (Å²) in [4.78, 5) is 25.2. The molecule has 0 aliphatic carbocycles. The third kappa shape index (κ3) is 3.75. The van der Waals surface area contributed by atoms with Gasteiger partial charge in [-0.25, -0.2) is 8.42 Å². The fraction of sp³-hybridized carbons (Fsp3) is 0.0435. The Labute approximate surface area is 173 Å². The number of carbonyl (C=O) groups is 1. The first kappa shape index (κ1) is 19.6. The van der Waals surface area contributed by atoms with Gasteiger partial charge in [0.1, 0.15) is 11.4 Å². The lowest BCUT2D eigenvalue weighted by molar-refractivity contribution is -0.116. The van der Waals surface area contributed by atoms with Gasteiger partial charge in [-0.1, -0.05) is 48.5 Å². The van der Waals surface area contributed by atoms with Crippen LogP contribution in [0.4, 0.5) is 5.69 Å². The Morgan fingerprint density at radius 1 is 0.833 bits per heavy atom. The lowest BCUT2D eigenvalue weighted by atomic mass is 10.2. The molecule has 1 aromatic heterocycles. The Hall–Kier alpha value is -3.71. The van der Waals surface area contributed by atoms with Crippen molar-refractivity contribution in [2.24, 2.45) is 0 Å². The summed E-state index contributed by atoms with van der Waals surface area (Å²) in [6, 6.07) is 23.4. The number of carbonyl (C=O) groups excluding carboxylic acids is 1. The normalized spacial score (nSPS) is 11.3. The summed E-state index contributed by atoms with van der Waals surface area (Å²) in [5.41, 5.74) is 0.525. The third-order valence-electron chi connectivity index (χ3n) is 4.67. The van der Waals surface area contributed by atoms with E-state index in [1.807, 2.05) is 6.07 Å². The van der Waals surface area contributed by atoms with Crippen LogP contribution in [0.15, 0.2) is 106 Å². The number of para-hydroxylation sites is 2. The highest BCUT2D eigenvalue weighted by molar-refractivity contribution is 7.91. The first-order chi connectivity index (χ1) is 14.5. The summed E-state index contributed by atoms with van der Waals surface area (Å²) in [5.74, 6) is -0.335. The molecule has 0 saturated heterocycles. The van der Waals surface area contributed by atoms with Crippen LogP contribution in [0.2, 0.25) is 0 Å². The molecule has 1 N–H and O–H groups in total. The van der Waals surface area contributed by atoms with E-state index in [0.717, 1.165) is 0 Å². The SMILES string of the molecule is O=C(Cn1cc(S(=O)(=O)c2ccccc2)c(=O)c2ccccc21)Nc1ccccc1. The van der Waals surface area contributed by atoms with Gasteiger partial charge in [-0.15, -0.1) is 0 Å². The Morgan fingerprint density at radius 3 is 2.13 bits per heavy atom. The van der Waals surface area contributed by atoms with E-state index >= 15 is 0 Å². The molecule has 0 aliphatic heterocycles. The predicted molar refractivity (Wildman–Crippen MR) is 115 cm³/mol. The van der Waals surface area contributed by atoms with Crippen molar-refractivity contribution in [1.82, 2.24) is 4.57 Å².